The molecule has 0 amide bonds. The van der Waals surface area contributed by atoms with Gasteiger partial charge in [0.25, 0.3) is 6.08 Å². The summed E-state index contributed by atoms with van der Waals surface area (Å²) in [5.41, 5.74) is 0.467. The smallest absolute Gasteiger partial charge is 0.206 e. The predicted molar refractivity (Wildman–Crippen MR) is 112 cm³/mol. The Kier molecular flexibility index (Phi) is 7.24. The Morgan fingerprint density at radius 3 is 2.20 bits per heavy atom. The minimum absolute atomic E-state index is 0.110. The number of halogens is 5. The molecule has 0 heterocycles. The molecule has 0 aromatic heterocycles. The Morgan fingerprint density at radius 1 is 0.833 bits per heavy atom. The number of benzene rings is 3. The van der Waals surface area contributed by atoms with Crippen LogP contribution in [0.4, 0.5) is 22.0 Å². The van der Waals surface area contributed by atoms with Crippen LogP contribution in [0.5, 0.6) is 0 Å². The Balaban J connectivity index is 1.88. The zero-order chi connectivity index (χ0) is 21.7. The van der Waals surface area contributed by atoms with Crippen molar-refractivity contribution < 1.29 is 22.0 Å². The van der Waals surface area contributed by atoms with Crippen molar-refractivity contribution in [2.24, 2.45) is 0 Å². The molecular weight excluding hydrogens is 395 g/mol. The SMILES string of the molecule is CCCCCCCc1cc(F)c(-c2ccc3c(F)c(C=C(F)F)ccc3c2)c(F)c1. The topological polar surface area (TPSA) is 0 Å². The van der Waals surface area contributed by atoms with Crippen LogP contribution in [0.25, 0.3) is 28.0 Å². The molecule has 0 fully saturated rings. The van der Waals surface area contributed by atoms with E-state index in [4.69, 9.17) is 0 Å². The van der Waals surface area contributed by atoms with Crippen molar-refractivity contribution in [3.05, 3.63) is 77.1 Å². The molecule has 3 rings (SSSR count). The summed E-state index contributed by atoms with van der Waals surface area (Å²) in [4.78, 5) is 0. The zero-order valence-electron chi connectivity index (χ0n) is 16.8. The van der Waals surface area contributed by atoms with Crippen LogP contribution in [0.2, 0.25) is 0 Å². The van der Waals surface area contributed by atoms with Crippen LogP contribution in [0.1, 0.15) is 50.2 Å². The fourth-order valence-corrected chi connectivity index (χ4v) is 3.67. The van der Waals surface area contributed by atoms with Crippen molar-refractivity contribution >= 4 is 16.8 Å². The van der Waals surface area contributed by atoms with Crippen molar-refractivity contribution in [1.82, 2.24) is 0 Å². The number of hydrogen-bond donors (Lipinski definition) is 0. The lowest BCUT2D eigenvalue weighted by molar-refractivity contribution is 0.429. The third kappa shape index (κ3) is 5.07. The maximum absolute atomic E-state index is 14.7. The van der Waals surface area contributed by atoms with E-state index in [1.165, 1.54) is 42.5 Å². The van der Waals surface area contributed by atoms with Crippen molar-refractivity contribution in [2.75, 3.05) is 0 Å². The molecule has 0 saturated heterocycles. The molecule has 0 aliphatic carbocycles. The van der Waals surface area contributed by atoms with E-state index in [0.29, 0.717) is 23.4 Å². The highest BCUT2D eigenvalue weighted by molar-refractivity contribution is 5.89. The highest BCUT2D eigenvalue weighted by Crippen LogP contribution is 2.32. The van der Waals surface area contributed by atoms with Crippen LogP contribution >= 0.6 is 0 Å². The lowest BCUT2D eigenvalue weighted by Gasteiger charge is -2.11. The Bertz CT molecular complexity index is 1040. The molecule has 0 N–H and O–H groups in total. The van der Waals surface area contributed by atoms with Gasteiger partial charge in [0.05, 0.1) is 5.56 Å². The van der Waals surface area contributed by atoms with Gasteiger partial charge in [-0.15, -0.1) is 0 Å². The van der Waals surface area contributed by atoms with E-state index in [1.54, 1.807) is 0 Å². The largest absolute Gasteiger partial charge is 0.271 e. The summed E-state index contributed by atoms with van der Waals surface area (Å²) in [5.74, 6) is -2.14. The van der Waals surface area contributed by atoms with Gasteiger partial charge in [-0.1, -0.05) is 56.9 Å². The van der Waals surface area contributed by atoms with E-state index >= 15 is 0 Å². The third-order valence-electron chi connectivity index (χ3n) is 5.21. The molecule has 0 atom stereocenters. The summed E-state index contributed by atoms with van der Waals surface area (Å²) >= 11 is 0. The van der Waals surface area contributed by atoms with Crippen molar-refractivity contribution in [3.63, 3.8) is 0 Å². The van der Waals surface area contributed by atoms with Crippen molar-refractivity contribution in [1.29, 1.82) is 0 Å². The lowest BCUT2D eigenvalue weighted by atomic mass is 9.96. The average molecular weight is 418 g/mol. The molecule has 5 heteroatoms. The number of hydrogen-bond acceptors (Lipinski definition) is 0. The van der Waals surface area contributed by atoms with Gasteiger partial charge in [0, 0.05) is 17.0 Å². The first kappa shape index (κ1) is 22.0. The molecule has 0 bridgehead atoms. The molecule has 0 aliphatic heterocycles. The van der Waals surface area contributed by atoms with Crippen LogP contribution < -0.4 is 0 Å². The summed E-state index contributed by atoms with van der Waals surface area (Å²) in [6.07, 6.45) is 4.37. The lowest BCUT2D eigenvalue weighted by Crippen LogP contribution is -1.96. The Morgan fingerprint density at radius 2 is 1.53 bits per heavy atom. The molecular formula is C25H23F5. The van der Waals surface area contributed by atoms with E-state index in [-0.39, 0.29) is 22.1 Å². The Labute approximate surface area is 173 Å². The maximum Gasteiger partial charge on any atom is 0.271 e. The average Bonchev–Trinajstić information content (AvgIpc) is 2.69. The van der Waals surface area contributed by atoms with Crippen LogP contribution in [0.15, 0.2) is 48.5 Å². The van der Waals surface area contributed by atoms with Crippen LogP contribution in [-0.4, -0.2) is 0 Å². The second-order valence-corrected chi connectivity index (χ2v) is 7.44. The van der Waals surface area contributed by atoms with Gasteiger partial charge in [0.1, 0.15) is 17.5 Å². The second-order valence-electron chi connectivity index (χ2n) is 7.44. The van der Waals surface area contributed by atoms with Gasteiger partial charge in [-0.05, 0) is 47.6 Å². The summed E-state index contributed by atoms with van der Waals surface area (Å²) in [7, 11) is 0. The Hall–Kier alpha value is -2.69. The van der Waals surface area contributed by atoms with E-state index in [1.807, 2.05) is 0 Å². The monoisotopic (exact) mass is 418 g/mol. The normalized spacial score (nSPS) is 11.1. The fourth-order valence-electron chi connectivity index (χ4n) is 3.67. The van der Waals surface area contributed by atoms with Crippen LogP contribution in [0.3, 0.4) is 0 Å². The van der Waals surface area contributed by atoms with Gasteiger partial charge in [-0.3, -0.25) is 0 Å². The molecule has 0 aliphatic rings. The van der Waals surface area contributed by atoms with Gasteiger partial charge in [-0.2, -0.15) is 8.78 Å². The number of unbranched alkanes of at least 4 members (excludes halogenated alkanes) is 4. The number of aryl methyl sites for hydroxylation is 1. The van der Waals surface area contributed by atoms with Crippen molar-refractivity contribution in [3.8, 4) is 11.1 Å². The van der Waals surface area contributed by atoms with E-state index in [0.717, 1.165) is 32.1 Å². The predicted octanol–water partition coefficient (Wildman–Crippen LogP) is 8.67. The first-order valence-electron chi connectivity index (χ1n) is 10.1. The molecule has 30 heavy (non-hydrogen) atoms. The minimum atomic E-state index is -2.00. The van der Waals surface area contributed by atoms with Gasteiger partial charge in [0.15, 0.2) is 0 Å². The molecule has 0 nitrogen and oxygen atoms in total. The molecule has 3 aromatic carbocycles. The standard InChI is InChI=1S/C25H23F5/c1-2-3-4-5-6-7-16-12-21(26)24(22(27)13-16)18-10-11-20-17(14-18)8-9-19(25(20)30)15-23(28)29/h8-15H,2-7H2,1H3. The van der Waals surface area contributed by atoms with Gasteiger partial charge >= 0.3 is 0 Å². The zero-order valence-corrected chi connectivity index (χ0v) is 16.8. The van der Waals surface area contributed by atoms with E-state index in [2.05, 4.69) is 6.92 Å². The van der Waals surface area contributed by atoms with Crippen LogP contribution in [0, 0.1) is 17.5 Å². The van der Waals surface area contributed by atoms with E-state index < -0.39 is 23.5 Å². The fraction of sp³-hybridized carbons (Fsp3) is 0.280. The summed E-state index contributed by atoms with van der Waals surface area (Å²) in [6.45, 7) is 2.13. The molecule has 0 spiro atoms. The summed E-state index contributed by atoms with van der Waals surface area (Å²) in [5, 5.41) is 0.485. The maximum atomic E-state index is 14.7. The highest BCUT2D eigenvalue weighted by atomic mass is 19.3. The molecule has 0 radical (unpaired) electrons. The van der Waals surface area contributed by atoms with Crippen molar-refractivity contribution in [2.45, 2.75) is 45.4 Å². The summed E-state index contributed by atoms with van der Waals surface area (Å²) in [6, 6.07) is 9.59. The number of rotatable bonds is 8. The molecule has 0 unspecified atom stereocenters. The van der Waals surface area contributed by atoms with E-state index in [9.17, 15) is 22.0 Å². The molecule has 158 valence electrons. The van der Waals surface area contributed by atoms with Crippen LogP contribution in [-0.2, 0) is 6.42 Å². The van der Waals surface area contributed by atoms with Gasteiger partial charge in [-0.25, -0.2) is 13.2 Å². The molecule has 3 aromatic rings. The second kappa shape index (κ2) is 9.88. The number of fused-ring (bicyclic) bond motifs is 1. The molecule has 0 saturated carbocycles. The third-order valence-corrected chi connectivity index (χ3v) is 5.21. The van der Waals surface area contributed by atoms with Gasteiger partial charge in [0.2, 0.25) is 0 Å². The quantitative estimate of drug-likeness (QED) is 0.254. The van der Waals surface area contributed by atoms with Gasteiger partial charge < -0.3 is 0 Å². The first-order valence-corrected chi connectivity index (χ1v) is 10.1. The first-order chi connectivity index (χ1) is 14.4. The summed E-state index contributed by atoms with van der Waals surface area (Å²) < 4.78 is 68.8. The highest BCUT2D eigenvalue weighted by Gasteiger charge is 2.15. The minimum Gasteiger partial charge on any atom is -0.206 e.